The Labute approximate surface area is 123 Å². The van der Waals surface area contributed by atoms with Gasteiger partial charge in [-0.25, -0.2) is 0 Å². The van der Waals surface area contributed by atoms with Crippen LogP contribution in [0, 0.1) is 10.8 Å². The zero-order valence-electron chi connectivity index (χ0n) is 13.4. The van der Waals surface area contributed by atoms with Gasteiger partial charge in [-0.1, -0.05) is 27.7 Å². The lowest BCUT2D eigenvalue weighted by Gasteiger charge is -2.47. The minimum atomic E-state index is 0.437. The minimum absolute atomic E-state index is 0.437. The zero-order valence-corrected chi connectivity index (χ0v) is 13.4. The molecule has 3 rings (SSSR count). The molecule has 1 aromatic heterocycles. The second-order valence-corrected chi connectivity index (χ2v) is 7.57. The summed E-state index contributed by atoms with van der Waals surface area (Å²) in [5.41, 5.74) is 3.85. The van der Waals surface area contributed by atoms with Crippen LogP contribution in [0.1, 0.15) is 58.1 Å². The molecule has 1 aliphatic heterocycles. The molecular weight excluding hydrogens is 244 g/mol. The number of pyridine rings is 1. The fourth-order valence-corrected chi connectivity index (χ4v) is 4.52. The molecule has 0 spiro atoms. The summed E-state index contributed by atoms with van der Waals surface area (Å²) in [6.07, 6.45) is 9.19. The number of nitrogens with zero attached hydrogens (tertiary/aromatic N) is 2. The monoisotopic (exact) mass is 272 g/mol. The summed E-state index contributed by atoms with van der Waals surface area (Å²) in [7, 11) is 0. The highest BCUT2D eigenvalue weighted by Gasteiger charge is 2.52. The van der Waals surface area contributed by atoms with Crippen LogP contribution in [0.2, 0.25) is 0 Å². The maximum Gasteiger partial charge on any atom is 0.0315 e. The van der Waals surface area contributed by atoms with Crippen molar-refractivity contribution >= 4 is 0 Å². The van der Waals surface area contributed by atoms with Crippen LogP contribution in [0.5, 0.6) is 0 Å². The average molecular weight is 272 g/mol. The smallest absolute Gasteiger partial charge is 0.0315 e. The minimum Gasteiger partial charge on any atom is -0.295 e. The number of rotatable bonds is 2. The lowest BCUT2D eigenvalue weighted by atomic mass is 9.65. The molecule has 0 aromatic carbocycles. The first-order valence-electron chi connectivity index (χ1n) is 8.14. The normalized spacial score (nSPS) is 33.1. The summed E-state index contributed by atoms with van der Waals surface area (Å²) in [4.78, 5) is 7.06. The maximum atomic E-state index is 4.32. The van der Waals surface area contributed by atoms with E-state index in [0.29, 0.717) is 10.8 Å². The van der Waals surface area contributed by atoms with Crippen molar-refractivity contribution in [3.8, 4) is 0 Å². The Bertz CT molecular complexity index is 494. The van der Waals surface area contributed by atoms with Gasteiger partial charge in [-0.2, -0.15) is 0 Å². The van der Waals surface area contributed by atoms with E-state index in [1.54, 1.807) is 0 Å². The second kappa shape index (κ2) is 4.84. The highest BCUT2D eigenvalue weighted by molar-refractivity contribution is 5.26. The van der Waals surface area contributed by atoms with Gasteiger partial charge in [0.15, 0.2) is 0 Å². The molecule has 0 radical (unpaired) electrons. The summed E-state index contributed by atoms with van der Waals surface area (Å²) in [5.74, 6) is 0. The fourth-order valence-electron chi connectivity index (χ4n) is 4.52. The van der Waals surface area contributed by atoms with E-state index in [1.807, 2.05) is 6.20 Å². The van der Waals surface area contributed by atoms with Crippen molar-refractivity contribution < 1.29 is 0 Å². The van der Waals surface area contributed by atoms with Crippen molar-refractivity contribution in [3.05, 3.63) is 29.6 Å². The van der Waals surface area contributed by atoms with Crippen molar-refractivity contribution in [1.82, 2.24) is 9.88 Å². The predicted molar refractivity (Wildman–Crippen MR) is 83.6 cm³/mol. The lowest BCUT2D eigenvalue weighted by Crippen LogP contribution is -2.49. The van der Waals surface area contributed by atoms with Gasteiger partial charge in [0.2, 0.25) is 0 Å². The number of fused-ring (bicyclic) bond motifs is 1. The first-order valence-corrected chi connectivity index (χ1v) is 8.14. The third-order valence-corrected chi connectivity index (χ3v) is 6.55. The molecule has 0 bridgehead atoms. The fraction of sp³-hybridized carbons (Fsp3) is 0.722. The van der Waals surface area contributed by atoms with E-state index in [9.17, 15) is 0 Å². The predicted octanol–water partition coefficient (Wildman–Crippen LogP) is 4.04. The Morgan fingerprint density at radius 1 is 1.30 bits per heavy atom. The third-order valence-electron chi connectivity index (χ3n) is 6.55. The average Bonchev–Trinajstić information content (AvgIpc) is 2.70. The van der Waals surface area contributed by atoms with Crippen LogP contribution in [-0.2, 0) is 13.0 Å². The zero-order chi connectivity index (χ0) is 14.4. The van der Waals surface area contributed by atoms with E-state index in [-0.39, 0.29) is 0 Å². The highest BCUT2D eigenvalue weighted by Crippen LogP contribution is 2.56. The van der Waals surface area contributed by atoms with Crippen LogP contribution in [0.25, 0.3) is 0 Å². The van der Waals surface area contributed by atoms with E-state index in [1.165, 1.54) is 43.4 Å². The van der Waals surface area contributed by atoms with Gasteiger partial charge in [-0.15, -0.1) is 0 Å². The van der Waals surface area contributed by atoms with Gasteiger partial charge in [0.1, 0.15) is 0 Å². The molecule has 2 heterocycles. The van der Waals surface area contributed by atoms with Gasteiger partial charge in [0.25, 0.3) is 0 Å². The Kier molecular flexibility index (Phi) is 3.40. The molecule has 2 heteroatoms. The molecule has 1 saturated carbocycles. The van der Waals surface area contributed by atoms with Crippen molar-refractivity contribution in [3.63, 3.8) is 0 Å². The van der Waals surface area contributed by atoms with Crippen LogP contribution >= 0.6 is 0 Å². The van der Waals surface area contributed by atoms with Crippen LogP contribution in [0.4, 0.5) is 0 Å². The Hall–Kier alpha value is -0.890. The van der Waals surface area contributed by atoms with Crippen molar-refractivity contribution in [2.45, 2.75) is 66.0 Å². The second-order valence-electron chi connectivity index (χ2n) is 7.57. The molecule has 2 atom stereocenters. The Balaban J connectivity index is 1.85. The van der Waals surface area contributed by atoms with Crippen LogP contribution in [0.3, 0.4) is 0 Å². The number of hydrogen-bond acceptors (Lipinski definition) is 2. The van der Waals surface area contributed by atoms with E-state index in [2.05, 4.69) is 49.8 Å². The van der Waals surface area contributed by atoms with E-state index >= 15 is 0 Å². The topological polar surface area (TPSA) is 16.1 Å². The summed E-state index contributed by atoms with van der Waals surface area (Å²) in [6, 6.07) is 2.93. The number of hydrogen-bond donors (Lipinski definition) is 0. The highest BCUT2D eigenvalue weighted by atomic mass is 15.2. The summed E-state index contributed by atoms with van der Waals surface area (Å²) >= 11 is 0. The largest absolute Gasteiger partial charge is 0.295 e. The van der Waals surface area contributed by atoms with Gasteiger partial charge >= 0.3 is 0 Å². The van der Waals surface area contributed by atoms with Crippen molar-refractivity contribution in [1.29, 1.82) is 0 Å². The number of aromatic nitrogens is 1. The van der Waals surface area contributed by atoms with E-state index in [0.717, 1.165) is 12.6 Å². The first kappa shape index (κ1) is 14.1. The molecule has 2 unspecified atom stereocenters. The molecule has 20 heavy (non-hydrogen) atoms. The van der Waals surface area contributed by atoms with Gasteiger partial charge in [-0.3, -0.25) is 9.88 Å². The van der Waals surface area contributed by atoms with Gasteiger partial charge < -0.3 is 0 Å². The summed E-state index contributed by atoms with van der Waals surface area (Å²) in [6.45, 7) is 12.1. The summed E-state index contributed by atoms with van der Waals surface area (Å²) < 4.78 is 0. The first-order chi connectivity index (χ1) is 9.48. The Morgan fingerprint density at radius 3 is 2.85 bits per heavy atom. The SMILES string of the molecule is CCC1(C)C(N2CCc3ccncc3C2)CCC1(C)C. The van der Waals surface area contributed by atoms with Crippen molar-refractivity contribution in [2.24, 2.45) is 10.8 Å². The van der Waals surface area contributed by atoms with Crippen LogP contribution in [0.15, 0.2) is 18.5 Å². The van der Waals surface area contributed by atoms with Gasteiger partial charge in [0.05, 0.1) is 0 Å². The molecule has 1 fully saturated rings. The molecule has 110 valence electrons. The van der Waals surface area contributed by atoms with Crippen molar-refractivity contribution in [2.75, 3.05) is 6.54 Å². The standard InChI is InChI=1S/C18H28N2/c1-5-18(4)16(6-9-17(18,2)3)20-11-8-14-7-10-19-12-15(14)13-20/h7,10,12,16H,5-6,8-9,11,13H2,1-4H3. The Morgan fingerprint density at radius 2 is 2.10 bits per heavy atom. The van der Waals surface area contributed by atoms with Crippen LogP contribution in [-0.4, -0.2) is 22.5 Å². The molecule has 1 aromatic rings. The molecule has 2 aliphatic rings. The quantitative estimate of drug-likeness (QED) is 0.807. The summed E-state index contributed by atoms with van der Waals surface area (Å²) in [5, 5.41) is 0. The van der Waals surface area contributed by atoms with Crippen LogP contribution < -0.4 is 0 Å². The van der Waals surface area contributed by atoms with Gasteiger partial charge in [-0.05, 0) is 53.7 Å². The van der Waals surface area contributed by atoms with E-state index in [4.69, 9.17) is 0 Å². The lowest BCUT2D eigenvalue weighted by molar-refractivity contribution is 0.0229. The molecular formula is C18H28N2. The maximum absolute atomic E-state index is 4.32. The molecule has 0 N–H and O–H groups in total. The van der Waals surface area contributed by atoms with Gasteiger partial charge in [0, 0.05) is 31.5 Å². The molecule has 1 aliphatic carbocycles. The molecule has 2 nitrogen and oxygen atoms in total. The third kappa shape index (κ3) is 2.00. The van der Waals surface area contributed by atoms with E-state index < -0.39 is 0 Å². The molecule has 0 saturated heterocycles. The molecule has 0 amide bonds.